The smallest absolute Gasteiger partial charge is 0.407 e. The summed E-state index contributed by atoms with van der Waals surface area (Å²) in [6.45, 7) is 5.69. The molecule has 0 heterocycles. The van der Waals surface area contributed by atoms with Crippen LogP contribution in [0, 0.1) is 0 Å². The second-order valence-electron chi connectivity index (χ2n) is 5.37. The lowest BCUT2D eigenvalue weighted by atomic mass is 10.1. The van der Waals surface area contributed by atoms with Gasteiger partial charge in [0.1, 0.15) is 5.60 Å². The fourth-order valence-electron chi connectivity index (χ4n) is 1.50. The summed E-state index contributed by atoms with van der Waals surface area (Å²) >= 11 is 0. The van der Waals surface area contributed by atoms with Crippen LogP contribution < -0.4 is 10.5 Å². The number of hydrogen-bond donors (Lipinski definition) is 2. The lowest BCUT2D eigenvalue weighted by Gasteiger charge is -2.19. The molecule has 1 aromatic rings. The van der Waals surface area contributed by atoms with E-state index in [9.17, 15) is 13.2 Å². The molecule has 3 N–H and O–H groups in total. The van der Waals surface area contributed by atoms with Gasteiger partial charge in [0.2, 0.25) is 10.0 Å². The number of primary sulfonamides is 1. The summed E-state index contributed by atoms with van der Waals surface area (Å²) in [6, 6.07) is 6.31. The Morgan fingerprint density at radius 1 is 1.35 bits per heavy atom. The Balaban J connectivity index is 2.53. The largest absolute Gasteiger partial charge is 0.444 e. The molecule has 0 saturated carbocycles. The van der Waals surface area contributed by atoms with Crippen molar-refractivity contribution in [1.82, 2.24) is 5.32 Å². The van der Waals surface area contributed by atoms with Crippen LogP contribution in [0.1, 0.15) is 26.3 Å². The van der Waals surface area contributed by atoms with Gasteiger partial charge < -0.3 is 10.1 Å². The highest BCUT2D eigenvalue weighted by molar-refractivity contribution is 7.89. The lowest BCUT2D eigenvalue weighted by Crippen LogP contribution is -2.33. The topological polar surface area (TPSA) is 98.5 Å². The van der Waals surface area contributed by atoms with Crippen LogP contribution in [0.5, 0.6) is 0 Å². The summed E-state index contributed by atoms with van der Waals surface area (Å²) in [5, 5.41) is 7.66. The molecule has 0 unspecified atom stereocenters. The van der Waals surface area contributed by atoms with E-state index in [0.717, 1.165) is 5.56 Å². The molecule has 0 saturated heterocycles. The molecule has 0 atom stereocenters. The molecule has 0 aliphatic rings. The standard InChI is InChI=1S/C13H20N2O4S/c1-13(2,3)19-12(16)15-8-7-10-5-4-6-11(9-10)20(14,17)18/h4-6,9H,7-8H2,1-3H3,(H,15,16)(H2,14,17,18). The van der Waals surface area contributed by atoms with Gasteiger partial charge in [0.15, 0.2) is 0 Å². The van der Waals surface area contributed by atoms with Crippen LogP contribution in [-0.2, 0) is 21.2 Å². The number of carbonyl (C=O) groups excluding carboxylic acids is 1. The van der Waals surface area contributed by atoms with Crippen molar-refractivity contribution in [3.05, 3.63) is 29.8 Å². The molecular weight excluding hydrogens is 280 g/mol. The summed E-state index contributed by atoms with van der Waals surface area (Å²) < 4.78 is 27.5. The third-order valence-electron chi connectivity index (χ3n) is 2.31. The molecule has 0 aliphatic heterocycles. The number of carbonyl (C=O) groups is 1. The van der Waals surface area contributed by atoms with Gasteiger partial charge >= 0.3 is 6.09 Å². The van der Waals surface area contributed by atoms with Crippen LogP contribution in [0.25, 0.3) is 0 Å². The molecule has 1 rings (SSSR count). The Kier molecular flexibility index (Phi) is 5.13. The molecule has 0 spiro atoms. The van der Waals surface area contributed by atoms with Crippen molar-refractivity contribution < 1.29 is 17.9 Å². The van der Waals surface area contributed by atoms with Gasteiger partial charge in [0, 0.05) is 6.54 Å². The molecule has 1 amide bonds. The van der Waals surface area contributed by atoms with E-state index in [1.165, 1.54) is 12.1 Å². The first kappa shape index (κ1) is 16.5. The number of nitrogens with one attached hydrogen (secondary N) is 1. The average Bonchev–Trinajstić information content (AvgIpc) is 2.25. The zero-order chi connectivity index (χ0) is 15.4. The molecule has 7 heteroatoms. The van der Waals surface area contributed by atoms with Crippen LogP contribution in [0.2, 0.25) is 0 Å². The SMILES string of the molecule is CC(C)(C)OC(=O)NCCc1cccc(S(N)(=O)=O)c1. The quantitative estimate of drug-likeness (QED) is 0.878. The van der Waals surface area contributed by atoms with Crippen molar-refractivity contribution in [3.63, 3.8) is 0 Å². The zero-order valence-electron chi connectivity index (χ0n) is 11.8. The maximum Gasteiger partial charge on any atom is 0.407 e. The number of ether oxygens (including phenoxy) is 1. The summed E-state index contributed by atoms with van der Waals surface area (Å²) in [5.74, 6) is 0. The zero-order valence-corrected chi connectivity index (χ0v) is 12.7. The molecular formula is C13H20N2O4S. The number of amides is 1. The monoisotopic (exact) mass is 300 g/mol. The minimum absolute atomic E-state index is 0.0623. The average molecular weight is 300 g/mol. The maximum atomic E-state index is 11.4. The number of alkyl carbamates (subject to hydrolysis) is 1. The van der Waals surface area contributed by atoms with Crippen molar-refractivity contribution in [2.24, 2.45) is 5.14 Å². The van der Waals surface area contributed by atoms with Gasteiger partial charge in [0.05, 0.1) is 4.90 Å². The molecule has 0 aliphatic carbocycles. The Labute approximate surface area is 119 Å². The van der Waals surface area contributed by atoms with Gasteiger partial charge in [-0.1, -0.05) is 12.1 Å². The molecule has 6 nitrogen and oxygen atoms in total. The first-order chi connectivity index (χ1) is 9.08. The van der Waals surface area contributed by atoms with Crippen LogP contribution >= 0.6 is 0 Å². The Morgan fingerprint density at radius 2 is 2.00 bits per heavy atom. The van der Waals surface area contributed by atoms with Crippen molar-refractivity contribution in [3.8, 4) is 0 Å². The molecule has 1 aromatic carbocycles. The highest BCUT2D eigenvalue weighted by atomic mass is 32.2. The highest BCUT2D eigenvalue weighted by Gasteiger charge is 2.15. The van der Waals surface area contributed by atoms with Crippen LogP contribution in [0.4, 0.5) is 4.79 Å². The van der Waals surface area contributed by atoms with Crippen molar-refractivity contribution in [1.29, 1.82) is 0 Å². The highest BCUT2D eigenvalue weighted by Crippen LogP contribution is 2.10. The predicted octanol–water partition coefficient (Wildman–Crippen LogP) is 1.40. The van der Waals surface area contributed by atoms with E-state index in [4.69, 9.17) is 9.88 Å². The van der Waals surface area contributed by atoms with Gasteiger partial charge in [-0.3, -0.25) is 0 Å². The fraction of sp³-hybridized carbons (Fsp3) is 0.462. The third kappa shape index (κ3) is 6.03. The van der Waals surface area contributed by atoms with Gasteiger partial charge in [-0.15, -0.1) is 0 Å². The summed E-state index contributed by atoms with van der Waals surface area (Å²) in [4.78, 5) is 11.5. The van der Waals surface area contributed by atoms with Crippen LogP contribution in [0.15, 0.2) is 29.2 Å². The summed E-state index contributed by atoms with van der Waals surface area (Å²) in [5.41, 5.74) is 0.227. The Hall–Kier alpha value is -1.60. The molecule has 0 radical (unpaired) electrons. The number of rotatable bonds is 4. The van der Waals surface area contributed by atoms with Crippen LogP contribution in [0.3, 0.4) is 0 Å². The van der Waals surface area contributed by atoms with Gasteiger partial charge in [0.25, 0.3) is 0 Å². The predicted molar refractivity (Wildman–Crippen MR) is 75.8 cm³/mol. The second kappa shape index (κ2) is 6.23. The van der Waals surface area contributed by atoms with Crippen molar-refractivity contribution in [2.75, 3.05) is 6.54 Å². The van der Waals surface area contributed by atoms with Crippen LogP contribution in [-0.4, -0.2) is 26.7 Å². The Bertz CT molecular complexity index is 576. The molecule has 20 heavy (non-hydrogen) atoms. The van der Waals surface area contributed by atoms with Crippen molar-refractivity contribution >= 4 is 16.1 Å². The van der Waals surface area contributed by atoms with Crippen molar-refractivity contribution in [2.45, 2.75) is 37.7 Å². The van der Waals surface area contributed by atoms with Gasteiger partial charge in [-0.2, -0.15) is 0 Å². The number of benzene rings is 1. The first-order valence-electron chi connectivity index (χ1n) is 6.16. The van der Waals surface area contributed by atoms with E-state index in [2.05, 4.69) is 5.32 Å². The van der Waals surface area contributed by atoms with E-state index < -0.39 is 21.7 Å². The van der Waals surface area contributed by atoms with E-state index >= 15 is 0 Å². The molecule has 0 aromatic heterocycles. The third-order valence-corrected chi connectivity index (χ3v) is 3.22. The number of nitrogens with two attached hydrogens (primary N) is 1. The van der Waals surface area contributed by atoms with E-state index in [0.29, 0.717) is 13.0 Å². The molecule has 0 fully saturated rings. The number of sulfonamides is 1. The maximum absolute atomic E-state index is 11.4. The normalized spacial score (nSPS) is 12.0. The van der Waals surface area contributed by atoms with Gasteiger partial charge in [-0.25, -0.2) is 18.4 Å². The van der Waals surface area contributed by atoms with E-state index in [1.54, 1.807) is 32.9 Å². The van der Waals surface area contributed by atoms with E-state index in [-0.39, 0.29) is 4.90 Å². The number of hydrogen-bond acceptors (Lipinski definition) is 4. The van der Waals surface area contributed by atoms with E-state index in [1.807, 2.05) is 0 Å². The van der Waals surface area contributed by atoms with Gasteiger partial charge in [-0.05, 0) is 44.9 Å². The first-order valence-corrected chi connectivity index (χ1v) is 7.71. The fourth-order valence-corrected chi connectivity index (χ4v) is 2.08. The molecule has 112 valence electrons. The minimum atomic E-state index is -3.70. The lowest BCUT2D eigenvalue weighted by molar-refractivity contribution is 0.0528. The minimum Gasteiger partial charge on any atom is -0.444 e. The second-order valence-corrected chi connectivity index (χ2v) is 6.93. The molecule has 0 bridgehead atoms. The summed E-state index contributed by atoms with van der Waals surface area (Å²) in [7, 11) is -3.70. The summed E-state index contributed by atoms with van der Waals surface area (Å²) in [6.07, 6.45) is -0.0112. The Morgan fingerprint density at radius 3 is 2.55 bits per heavy atom.